The molecule has 0 heterocycles. The molecule has 2 amide bonds. The van der Waals surface area contributed by atoms with Crippen LogP contribution >= 0.6 is 11.6 Å². The van der Waals surface area contributed by atoms with Crippen molar-refractivity contribution >= 4 is 39.1 Å². The molecule has 0 fully saturated rings. The zero-order valence-electron chi connectivity index (χ0n) is 21.2. The number of rotatable bonds is 11. The van der Waals surface area contributed by atoms with Crippen molar-refractivity contribution in [3.05, 3.63) is 89.2 Å². The summed E-state index contributed by atoms with van der Waals surface area (Å²) in [6.45, 7) is 3.14. The SMILES string of the molecule is CCOc1ccc(S(=O)(=O)N(CC(=O)N(Cc2cccc(Cl)c2)[C@H](C)C(=O)NC)c2ccc(F)cc2)cc1. The maximum Gasteiger partial charge on any atom is 0.264 e. The summed E-state index contributed by atoms with van der Waals surface area (Å²) in [5.74, 6) is -1.14. The van der Waals surface area contributed by atoms with E-state index in [1.54, 1.807) is 31.2 Å². The topological polar surface area (TPSA) is 96.0 Å². The number of sulfonamides is 1. The first-order chi connectivity index (χ1) is 18.1. The third kappa shape index (κ3) is 7.02. The molecule has 8 nitrogen and oxygen atoms in total. The second-order valence-corrected chi connectivity index (χ2v) is 10.6. The van der Waals surface area contributed by atoms with Crippen molar-refractivity contribution in [1.29, 1.82) is 0 Å². The fourth-order valence-corrected chi connectivity index (χ4v) is 5.39. The van der Waals surface area contributed by atoms with E-state index in [1.165, 1.54) is 48.3 Å². The van der Waals surface area contributed by atoms with Crippen molar-refractivity contribution in [2.75, 3.05) is 24.5 Å². The third-order valence-corrected chi connectivity index (χ3v) is 7.80. The molecule has 0 spiro atoms. The maximum absolute atomic E-state index is 13.7. The molecule has 0 radical (unpaired) electrons. The molecule has 0 aliphatic heterocycles. The molecule has 0 saturated carbocycles. The molecule has 0 unspecified atom stereocenters. The van der Waals surface area contributed by atoms with Gasteiger partial charge in [-0.3, -0.25) is 13.9 Å². The number of benzene rings is 3. The van der Waals surface area contributed by atoms with Crippen LogP contribution < -0.4 is 14.4 Å². The van der Waals surface area contributed by atoms with Gasteiger partial charge in [0.15, 0.2) is 0 Å². The van der Waals surface area contributed by atoms with Crippen LogP contribution in [0.15, 0.2) is 77.7 Å². The Labute approximate surface area is 227 Å². The minimum Gasteiger partial charge on any atom is -0.494 e. The number of anilines is 1. The molecule has 3 aromatic carbocycles. The summed E-state index contributed by atoms with van der Waals surface area (Å²) < 4.78 is 47.4. The number of halogens is 2. The van der Waals surface area contributed by atoms with Gasteiger partial charge in [-0.2, -0.15) is 0 Å². The van der Waals surface area contributed by atoms with E-state index in [2.05, 4.69) is 5.32 Å². The Morgan fingerprint density at radius 3 is 2.29 bits per heavy atom. The summed E-state index contributed by atoms with van der Waals surface area (Å²) in [7, 11) is -2.83. The second-order valence-electron chi connectivity index (χ2n) is 8.33. The van der Waals surface area contributed by atoms with E-state index >= 15 is 0 Å². The maximum atomic E-state index is 13.7. The molecular weight excluding hydrogens is 533 g/mol. The molecule has 0 aliphatic carbocycles. The van der Waals surface area contributed by atoms with Gasteiger partial charge in [0, 0.05) is 18.6 Å². The number of amides is 2. The van der Waals surface area contributed by atoms with Gasteiger partial charge in [0.25, 0.3) is 10.0 Å². The molecule has 0 aliphatic rings. The molecule has 0 bridgehead atoms. The summed E-state index contributed by atoms with van der Waals surface area (Å²) in [6.07, 6.45) is 0. The first kappa shape index (κ1) is 28.9. The number of carbonyl (C=O) groups excluding carboxylic acids is 2. The van der Waals surface area contributed by atoms with Crippen molar-refractivity contribution < 1.29 is 27.1 Å². The largest absolute Gasteiger partial charge is 0.494 e. The molecule has 202 valence electrons. The number of nitrogens with zero attached hydrogens (tertiary/aromatic N) is 2. The van der Waals surface area contributed by atoms with Crippen LogP contribution in [-0.4, -0.2) is 51.4 Å². The molecule has 3 aromatic rings. The molecule has 38 heavy (non-hydrogen) atoms. The minimum atomic E-state index is -4.27. The zero-order valence-corrected chi connectivity index (χ0v) is 22.8. The van der Waals surface area contributed by atoms with Crippen LogP contribution in [0, 0.1) is 5.82 Å². The highest BCUT2D eigenvalue weighted by atomic mass is 35.5. The number of hydrogen-bond acceptors (Lipinski definition) is 5. The van der Waals surface area contributed by atoms with E-state index in [0.29, 0.717) is 22.9 Å². The third-order valence-electron chi connectivity index (χ3n) is 5.77. The van der Waals surface area contributed by atoms with Gasteiger partial charge in [0.2, 0.25) is 11.8 Å². The number of carbonyl (C=O) groups is 2. The van der Waals surface area contributed by atoms with E-state index in [0.717, 1.165) is 16.4 Å². The van der Waals surface area contributed by atoms with Crippen molar-refractivity contribution in [3.63, 3.8) is 0 Å². The number of hydrogen-bond donors (Lipinski definition) is 1. The number of nitrogens with one attached hydrogen (secondary N) is 1. The van der Waals surface area contributed by atoms with E-state index in [-0.39, 0.29) is 17.1 Å². The number of ether oxygens (including phenoxy) is 1. The fourth-order valence-electron chi connectivity index (χ4n) is 3.76. The monoisotopic (exact) mass is 561 g/mol. The Kier molecular flexibility index (Phi) is 9.71. The Morgan fingerprint density at radius 1 is 1.05 bits per heavy atom. The molecule has 3 rings (SSSR count). The zero-order chi connectivity index (χ0) is 27.9. The summed E-state index contributed by atoms with van der Waals surface area (Å²) in [6, 6.07) is 16.4. The lowest BCUT2D eigenvalue weighted by Crippen LogP contribution is -2.50. The molecular formula is C27H29ClFN3O5S. The summed E-state index contributed by atoms with van der Waals surface area (Å²) in [4.78, 5) is 27.4. The standard InChI is InChI=1S/C27H29ClFN3O5S/c1-4-37-24-12-14-25(15-13-24)38(35,36)32(23-10-8-22(29)9-11-23)18-26(33)31(19(2)27(34)30-3)17-20-6-5-7-21(28)16-20/h5-16,19H,4,17-18H2,1-3H3,(H,30,34)/t19-/m1/s1. The summed E-state index contributed by atoms with van der Waals surface area (Å²) in [5, 5.41) is 2.97. The van der Waals surface area contributed by atoms with Crippen molar-refractivity contribution in [3.8, 4) is 5.75 Å². The lowest BCUT2D eigenvalue weighted by Gasteiger charge is -2.31. The van der Waals surface area contributed by atoms with E-state index in [4.69, 9.17) is 16.3 Å². The van der Waals surface area contributed by atoms with Crippen LogP contribution in [-0.2, 0) is 26.2 Å². The Balaban J connectivity index is 2.01. The number of likely N-dealkylation sites (N-methyl/N-ethyl adjacent to an activating group) is 1. The van der Waals surface area contributed by atoms with Crippen LogP contribution in [0.3, 0.4) is 0 Å². The first-order valence-corrected chi connectivity index (χ1v) is 13.6. The van der Waals surface area contributed by atoms with Gasteiger partial charge in [-0.25, -0.2) is 12.8 Å². The molecule has 1 atom stereocenters. The Bertz CT molecular complexity index is 1370. The molecule has 0 aromatic heterocycles. The van der Waals surface area contributed by atoms with Crippen LogP contribution in [0.4, 0.5) is 10.1 Å². The van der Waals surface area contributed by atoms with Crippen LogP contribution in [0.1, 0.15) is 19.4 Å². The molecule has 0 saturated heterocycles. The second kappa shape index (κ2) is 12.7. The van der Waals surface area contributed by atoms with Gasteiger partial charge in [0.1, 0.15) is 24.2 Å². The summed E-state index contributed by atoms with van der Waals surface area (Å²) in [5.41, 5.74) is 0.744. The van der Waals surface area contributed by atoms with E-state index < -0.39 is 40.2 Å². The smallest absolute Gasteiger partial charge is 0.264 e. The molecule has 11 heteroatoms. The van der Waals surface area contributed by atoms with Gasteiger partial charge < -0.3 is 15.0 Å². The van der Waals surface area contributed by atoms with Gasteiger partial charge in [-0.15, -0.1) is 0 Å². The van der Waals surface area contributed by atoms with Crippen LogP contribution in [0.2, 0.25) is 5.02 Å². The van der Waals surface area contributed by atoms with Crippen LogP contribution in [0.5, 0.6) is 5.75 Å². The van der Waals surface area contributed by atoms with Gasteiger partial charge in [-0.05, 0) is 80.1 Å². The van der Waals surface area contributed by atoms with Gasteiger partial charge in [0.05, 0.1) is 17.2 Å². The van der Waals surface area contributed by atoms with Gasteiger partial charge in [-0.1, -0.05) is 23.7 Å². The van der Waals surface area contributed by atoms with Gasteiger partial charge >= 0.3 is 0 Å². The average Bonchev–Trinajstić information content (AvgIpc) is 2.90. The summed E-state index contributed by atoms with van der Waals surface area (Å²) >= 11 is 6.10. The van der Waals surface area contributed by atoms with E-state index in [9.17, 15) is 22.4 Å². The highest BCUT2D eigenvalue weighted by Crippen LogP contribution is 2.26. The Hall–Kier alpha value is -3.63. The minimum absolute atomic E-state index is 0.00827. The van der Waals surface area contributed by atoms with Crippen LogP contribution in [0.25, 0.3) is 0 Å². The quantitative estimate of drug-likeness (QED) is 0.378. The molecule has 1 N–H and O–H groups in total. The fraction of sp³-hybridized carbons (Fsp3) is 0.259. The highest BCUT2D eigenvalue weighted by Gasteiger charge is 2.32. The van der Waals surface area contributed by atoms with Crippen molar-refractivity contribution in [2.45, 2.75) is 31.3 Å². The first-order valence-electron chi connectivity index (χ1n) is 11.8. The average molecular weight is 562 g/mol. The lowest BCUT2D eigenvalue weighted by atomic mass is 10.1. The van der Waals surface area contributed by atoms with Crippen molar-refractivity contribution in [2.24, 2.45) is 0 Å². The van der Waals surface area contributed by atoms with E-state index in [1.807, 2.05) is 6.92 Å². The highest BCUT2D eigenvalue weighted by molar-refractivity contribution is 7.92. The Morgan fingerprint density at radius 2 is 1.71 bits per heavy atom. The van der Waals surface area contributed by atoms with Crippen molar-refractivity contribution in [1.82, 2.24) is 10.2 Å². The lowest BCUT2D eigenvalue weighted by molar-refractivity contribution is -0.139. The predicted molar refractivity (Wildman–Crippen MR) is 144 cm³/mol. The normalized spacial score (nSPS) is 11.9. The predicted octanol–water partition coefficient (Wildman–Crippen LogP) is 4.24.